The molecule has 0 saturated carbocycles. The van der Waals surface area contributed by atoms with Crippen LogP contribution in [0.15, 0.2) is 46.9 Å². The van der Waals surface area contributed by atoms with Gasteiger partial charge in [-0.15, -0.1) is 0 Å². The molecule has 0 saturated heterocycles. The lowest BCUT2D eigenvalue weighted by Crippen LogP contribution is -2.22. The molecule has 0 aliphatic heterocycles. The first-order chi connectivity index (χ1) is 8.99. The van der Waals surface area contributed by atoms with Crippen LogP contribution in [-0.2, 0) is 0 Å². The van der Waals surface area contributed by atoms with Crippen LogP contribution in [0.5, 0.6) is 0 Å². The second-order valence-electron chi connectivity index (χ2n) is 4.55. The van der Waals surface area contributed by atoms with E-state index in [1.807, 2.05) is 36.4 Å². The first kappa shape index (κ1) is 14.2. The largest absolute Gasteiger partial charge is 0.399 e. The lowest BCUT2D eigenvalue weighted by atomic mass is 10.1. The minimum atomic E-state index is 0.221. The zero-order valence-corrected chi connectivity index (χ0v) is 13.2. The van der Waals surface area contributed by atoms with Crippen molar-refractivity contribution in [2.45, 2.75) is 13.0 Å². The lowest BCUT2D eigenvalue weighted by Gasteiger charge is -2.28. The van der Waals surface area contributed by atoms with E-state index in [0.717, 1.165) is 20.9 Å². The summed E-state index contributed by atoms with van der Waals surface area (Å²) in [6.07, 6.45) is 0. The Balaban J connectivity index is 2.30. The molecule has 0 spiro atoms. The predicted octanol–water partition coefficient (Wildman–Crippen LogP) is 4.88. The number of rotatable bonds is 3. The molecule has 2 N–H and O–H groups in total. The van der Waals surface area contributed by atoms with Crippen molar-refractivity contribution in [2.75, 3.05) is 17.7 Å². The van der Waals surface area contributed by atoms with Crippen LogP contribution in [-0.4, -0.2) is 7.05 Å². The Labute approximate surface area is 127 Å². The molecule has 0 fully saturated rings. The highest BCUT2D eigenvalue weighted by Gasteiger charge is 2.14. The fourth-order valence-electron chi connectivity index (χ4n) is 2.01. The van der Waals surface area contributed by atoms with Crippen molar-refractivity contribution in [2.24, 2.45) is 0 Å². The van der Waals surface area contributed by atoms with Crippen LogP contribution in [0.1, 0.15) is 18.5 Å². The van der Waals surface area contributed by atoms with Gasteiger partial charge in [-0.3, -0.25) is 0 Å². The number of nitrogens with two attached hydrogens (primary N) is 1. The van der Waals surface area contributed by atoms with Crippen molar-refractivity contribution < 1.29 is 0 Å². The maximum Gasteiger partial charge on any atom is 0.0514 e. The SMILES string of the molecule is CC(c1cccc(Cl)c1)N(C)c1ccc(N)cc1Br. The van der Waals surface area contributed by atoms with E-state index in [1.54, 1.807) is 0 Å². The monoisotopic (exact) mass is 338 g/mol. The molecular weight excluding hydrogens is 324 g/mol. The Bertz CT molecular complexity index is 586. The molecule has 2 nitrogen and oxygen atoms in total. The fraction of sp³-hybridized carbons (Fsp3) is 0.200. The third-order valence-corrected chi connectivity index (χ3v) is 4.13. The molecule has 100 valence electrons. The van der Waals surface area contributed by atoms with Gasteiger partial charge in [0.25, 0.3) is 0 Å². The number of hydrogen-bond acceptors (Lipinski definition) is 2. The molecule has 4 heteroatoms. The van der Waals surface area contributed by atoms with E-state index < -0.39 is 0 Å². The summed E-state index contributed by atoms with van der Waals surface area (Å²) in [5, 5.41) is 0.758. The molecule has 1 unspecified atom stereocenters. The number of benzene rings is 2. The molecule has 0 radical (unpaired) electrons. The molecule has 0 aromatic heterocycles. The average Bonchev–Trinajstić information content (AvgIpc) is 2.37. The minimum absolute atomic E-state index is 0.221. The summed E-state index contributed by atoms with van der Waals surface area (Å²) in [5.41, 5.74) is 8.80. The molecule has 0 aliphatic carbocycles. The molecule has 0 heterocycles. The van der Waals surface area contributed by atoms with E-state index in [9.17, 15) is 0 Å². The predicted molar refractivity (Wildman–Crippen MR) is 86.8 cm³/mol. The van der Waals surface area contributed by atoms with Crippen molar-refractivity contribution in [3.05, 3.63) is 57.5 Å². The van der Waals surface area contributed by atoms with E-state index in [4.69, 9.17) is 17.3 Å². The molecule has 2 aromatic rings. The summed E-state index contributed by atoms with van der Waals surface area (Å²) >= 11 is 9.60. The van der Waals surface area contributed by atoms with Gasteiger partial charge < -0.3 is 10.6 Å². The van der Waals surface area contributed by atoms with Crippen LogP contribution < -0.4 is 10.6 Å². The van der Waals surface area contributed by atoms with Crippen molar-refractivity contribution in [1.29, 1.82) is 0 Å². The third kappa shape index (κ3) is 3.23. The molecule has 2 aromatic carbocycles. The fourth-order valence-corrected chi connectivity index (χ4v) is 2.88. The van der Waals surface area contributed by atoms with Crippen molar-refractivity contribution >= 4 is 38.9 Å². The van der Waals surface area contributed by atoms with Crippen LogP contribution in [0.25, 0.3) is 0 Å². The average molecular weight is 340 g/mol. The van der Waals surface area contributed by atoms with Crippen LogP contribution in [0.2, 0.25) is 5.02 Å². The molecule has 2 rings (SSSR count). The van der Waals surface area contributed by atoms with Gasteiger partial charge in [0, 0.05) is 22.2 Å². The number of anilines is 2. The van der Waals surface area contributed by atoms with E-state index in [0.29, 0.717) is 0 Å². The van der Waals surface area contributed by atoms with Gasteiger partial charge in [-0.05, 0) is 58.7 Å². The Hall–Kier alpha value is -1.19. The topological polar surface area (TPSA) is 29.3 Å². The first-order valence-corrected chi connectivity index (χ1v) is 7.19. The molecule has 19 heavy (non-hydrogen) atoms. The van der Waals surface area contributed by atoms with E-state index in [2.05, 4.69) is 40.9 Å². The summed E-state index contributed by atoms with van der Waals surface area (Å²) in [6.45, 7) is 2.15. The highest BCUT2D eigenvalue weighted by atomic mass is 79.9. The molecule has 1 atom stereocenters. The maximum absolute atomic E-state index is 6.05. The summed E-state index contributed by atoms with van der Waals surface area (Å²) < 4.78 is 0.990. The Kier molecular flexibility index (Phi) is 4.38. The highest BCUT2D eigenvalue weighted by Crippen LogP contribution is 2.33. The second kappa shape index (κ2) is 5.85. The summed E-state index contributed by atoms with van der Waals surface area (Å²) in [4.78, 5) is 2.19. The van der Waals surface area contributed by atoms with Gasteiger partial charge in [0.2, 0.25) is 0 Å². The van der Waals surface area contributed by atoms with E-state index in [-0.39, 0.29) is 6.04 Å². The number of nitrogen functional groups attached to an aromatic ring is 1. The van der Waals surface area contributed by atoms with Crippen molar-refractivity contribution in [1.82, 2.24) is 0 Å². The maximum atomic E-state index is 6.05. The molecular formula is C15H16BrClN2. The normalized spacial score (nSPS) is 12.2. The zero-order chi connectivity index (χ0) is 14.0. The number of hydrogen-bond donors (Lipinski definition) is 1. The van der Waals surface area contributed by atoms with Crippen LogP contribution in [0, 0.1) is 0 Å². The van der Waals surface area contributed by atoms with Crippen LogP contribution >= 0.6 is 27.5 Å². The van der Waals surface area contributed by atoms with Gasteiger partial charge in [-0.2, -0.15) is 0 Å². The molecule has 0 bridgehead atoms. The standard InChI is InChI=1S/C15H16BrClN2/c1-10(11-4-3-5-12(17)8-11)19(2)15-7-6-13(18)9-14(15)16/h3-10H,18H2,1-2H3. The third-order valence-electron chi connectivity index (χ3n) is 3.26. The minimum Gasteiger partial charge on any atom is -0.399 e. The second-order valence-corrected chi connectivity index (χ2v) is 5.84. The quantitative estimate of drug-likeness (QED) is 0.807. The summed E-state index contributed by atoms with van der Waals surface area (Å²) in [7, 11) is 2.06. The Morgan fingerprint density at radius 1 is 1.21 bits per heavy atom. The number of halogens is 2. The molecule has 0 amide bonds. The summed E-state index contributed by atoms with van der Waals surface area (Å²) in [6, 6.07) is 14.0. The van der Waals surface area contributed by atoms with Crippen LogP contribution in [0.3, 0.4) is 0 Å². The van der Waals surface area contributed by atoms with Gasteiger partial charge in [0.05, 0.1) is 11.7 Å². The number of nitrogens with zero attached hydrogens (tertiary/aromatic N) is 1. The smallest absolute Gasteiger partial charge is 0.0514 e. The van der Waals surface area contributed by atoms with Crippen molar-refractivity contribution in [3.8, 4) is 0 Å². The van der Waals surface area contributed by atoms with Gasteiger partial charge >= 0.3 is 0 Å². The first-order valence-electron chi connectivity index (χ1n) is 6.02. The summed E-state index contributed by atoms with van der Waals surface area (Å²) in [5.74, 6) is 0. The van der Waals surface area contributed by atoms with Gasteiger partial charge in [-0.1, -0.05) is 23.7 Å². The van der Waals surface area contributed by atoms with Gasteiger partial charge in [0.15, 0.2) is 0 Å². The highest BCUT2D eigenvalue weighted by molar-refractivity contribution is 9.10. The van der Waals surface area contributed by atoms with Gasteiger partial charge in [-0.25, -0.2) is 0 Å². The van der Waals surface area contributed by atoms with E-state index >= 15 is 0 Å². The van der Waals surface area contributed by atoms with E-state index in [1.165, 1.54) is 5.56 Å². The Morgan fingerprint density at radius 3 is 2.58 bits per heavy atom. The van der Waals surface area contributed by atoms with Crippen molar-refractivity contribution in [3.63, 3.8) is 0 Å². The zero-order valence-electron chi connectivity index (χ0n) is 10.9. The van der Waals surface area contributed by atoms with Crippen LogP contribution in [0.4, 0.5) is 11.4 Å². The Morgan fingerprint density at radius 2 is 1.95 bits per heavy atom. The molecule has 0 aliphatic rings. The lowest BCUT2D eigenvalue weighted by molar-refractivity contribution is 0.738. The van der Waals surface area contributed by atoms with Gasteiger partial charge in [0.1, 0.15) is 0 Å².